The second kappa shape index (κ2) is 9.38. The van der Waals surface area contributed by atoms with Gasteiger partial charge in [0, 0.05) is 42.5 Å². The minimum Gasteiger partial charge on any atom is -0.375 e. The predicted octanol–water partition coefficient (Wildman–Crippen LogP) is 4.77. The second-order valence-electron chi connectivity index (χ2n) is 9.15. The molecule has 0 N–H and O–H groups in total. The zero-order valence-corrected chi connectivity index (χ0v) is 20.0. The molecule has 0 spiro atoms. The maximum Gasteiger partial charge on any atom is 0.416 e. The molecule has 2 atom stereocenters. The van der Waals surface area contributed by atoms with Gasteiger partial charge < -0.3 is 4.74 Å². The largest absolute Gasteiger partial charge is 0.416 e. The molecule has 0 radical (unpaired) electrons. The van der Waals surface area contributed by atoms with Crippen molar-refractivity contribution in [3.8, 4) is 16.8 Å². The molecule has 2 aliphatic rings. The minimum absolute atomic E-state index is 0. The van der Waals surface area contributed by atoms with Gasteiger partial charge in [0.2, 0.25) is 0 Å². The van der Waals surface area contributed by atoms with Gasteiger partial charge in [0.25, 0.3) is 5.56 Å². The van der Waals surface area contributed by atoms with E-state index in [0.29, 0.717) is 29.0 Å². The molecular formula is C26H24ClF3N4O2. The molecule has 0 unspecified atom stereocenters. The fourth-order valence-corrected chi connectivity index (χ4v) is 5.10. The number of nitrogens with zero attached hydrogens (tertiary/aromatic N) is 4. The molecule has 36 heavy (non-hydrogen) atoms. The number of morpholine rings is 1. The number of fused-ring (bicyclic) bond motifs is 3. The van der Waals surface area contributed by atoms with Crippen molar-refractivity contribution in [2.24, 2.45) is 0 Å². The zero-order chi connectivity index (χ0) is 24.2. The van der Waals surface area contributed by atoms with Gasteiger partial charge in [-0.25, -0.2) is 0 Å². The Morgan fingerprint density at radius 2 is 1.81 bits per heavy atom. The summed E-state index contributed by atoms with van der Waals surface area (Å²) in [6.45, 7) is 3.52. The molecule has 2 fully saturated rings. The number of aromatic nitrogens is 3. The highest BCUT2D eigenvalue weighted by molar-refractivity contribution is 5.85. The van der Waals surface area contributed by atoms with Gasteiger partial charge in [-0.3, -0.25) is 18.9 Å². The van der Waals surface area contributed by atoms with Gasteiger partial charge in [0.15, 0.2) is 0 Å². The van der Waals surface area contributed by atoms with Crippen molar-refractivity contribution in [2.45, 2.75) is 31.3 Å². The van der Waals surface area contributed by atoms with Gasteiger partial charge in [0.05, 0.1) is 36.5 Å². The van der Waals surface area contributed by atoms with E-state index in [-0.39, 0.29) is 18.0 Å². The molecule has 6 rings (SSSR count). The lowest BCUT2D eigenvalue weighted by atomic mass is 10.0. The summed E-state index contributed by atoms with van der Waals surface area (Å²) >= 11 is 0. The summed E-state index contributed by atoms with van der Waals surface area (Å²) in [6.07, 6.45) is 0.554. The number of rotatable bonds is 5. The molecule has 2 bridgehead atoms. The number of hydrogen-bond donors (Lipinski definition) is 0. The Kier molecular flexibility index (Phi) is 6.40. The summed E-state index contributed by atoms with van der Waals surface area (Å²) in [5.74, 6) is 0. The maximum atomic E-state index is 12.8. The van der Waals surface area contributed by atoms with Crippen molar-refractivity contribution in [3.05, 3.63) is 82.9 Å². The van der Waals surface area contributed by atoms with Crippen molar-refractivity contribution in [2.75, 3.05) is 19.7 Å². The van der Waals surface area contributed by atoms with E-state index in [4.69, 9.17) is 4.74 Å². The Bertz CT molecular complexity index is 1450. The van der Waals surface area contributed by atoms with E-state index < -0.39 is 11.7 Å². The SMILES string of the molecule is Cl.O=c1cc(-c2ccc(C(F)(F)F)cc2)ccn1-c1ccc2c(cnn2CCN2C[C@@H]3C[C@H]2CO3)c1. The van der Waals surface area contributed by atoms with Crippen LogP contribution in [-0.4, -0.2) is 51.1 Å². The fourth-order valence-electron chi connectivity index (χ4n) is 5.10. The first-order valence-corrected chi connectivity index (χ1v) is 11.6. The summed E-state index contributed by atoms with van der Waals surface area (Å²) in [5.41, 5.74) is 1.84. The van der Waals surface area contributed by atoms with E-state index in [2.05, 4.69) is 10.00 Å². The van der Waals surface area contributed by atoms with E-state index in [1.54, 1.807) is 18.5 Å². The number of alkyl halides is 3. The van der Waals surface area contributed by atoms with Crippen LogP contribution in [0.25, 0.3) is 27.7 Å². The van der Waals surface area contributed by atoms with Crippen LogP contribution in [0.15, 0.2) is 71.8 Å². The molecule has 4 aromatic rings. The van der Waals surface area contributed by atoms with Crippen LogP contribution >= 0.6 is 12.4 Å². The highest BCUT2D eigenvalue weighted by Gasteiger charge is 2.38. The van der Waals surface area contributed by atoms with Crippen molar-refractivity contribution in [3.63, 3.8) is 0 Å². The quantitative estimate of drug-likeness (QED) is 0.383. The highest BCUT2D eigenvalue weighted by Crippen LogP contribution is 2.31. The molecule has 10 heteroatoms. The molecule has 2 aromatic heterocycles. The average molecular weight is 517 g/mol. The van der Waals surface area contributed by atoms with E-state index in [0.717, 1.165) is 55.7 Å². The lowest BCUT2D eigenvalue weighted by Gasteiger charge is -2.26. The van der Waals surface area contributed by atoms with Gasteiger partial charge >= 0.3 is 6.18 Å². The molecule has 2 aliphatic heterocycles. The number of ether oxygens (including phenoxy) is 1. The van der Waals surface area contributed by atoms with Gasteiger partial charge in [-0.15, -0.1) is 12.4 Å². The smallest absolute Gasteiger partial charge is 0.375 e. The second-order valence-corrected chi connectivity index (χ2v) is 9.15. The van der Waals surface area contributed by atoms with Crippen LogP contribution in [0.3, 0.4) is 0 Å². The number of pyridine rings is 1. The standard InChI is InChI=1S/C26H23F3N4O2.ClH/c27-26(28,29)20-3-1-17(2-4-20)18-7-8-32(25(34)12-18)21-5-6-24-19(11-21)14-30-33(24)10-9-31-15-23-13-22(31)16-35-23;/h1-8,11-12,14,22-23H,9-10,13,15-16H2;1H/t22-,23-;/m0./s1. The lowest BCUT2D eigenvalue weighted by molar-refractivity contribution is -0.137. The van der Waals surface area contributed by atoms with E-state index in [9.17, 15) is 18.0 Å². The van der Waals surface area contributed by atoms with Crippen LogP contribution in [-0.2, 0) is 17.5 Å². The van der Waals surface area contributed by atoms with Crippen LogP contribution in [0.2, 0.25) is 0 Å². The Balaban J connectivity index is 0.00000267. The van der Waals surface area contributed by atoms with Crippen LogP contribution in [0, 0.1) is 0 Å². The Hall–Kier alpha value is -3.14. The fraction of sp³-hybridized carbons (Fsp3) is 0.308. The van der Waals surface area contributed by atoms with Gasteiger partial charge in [-0.05, 0) is 53.9 Å². The highest BCUT2D eigenvalue weighted by atomic mass is 35.5. The predicted molar refractivity (Wildman–Crippen MR) is 133 cm³/mol. The molecule has 2 aromatic carbocycles. The molecule has 0 saturated carbocycles. The maximum absolute atomic E-state index is 12.8. The molecule has 0 aliphatic carbocycles. The monoisotopic (exact) mass is 516 g/mol. The summed E-state index contributed by atoms with van der Waals surface area (Å²) in [4.78, 5) is 15.3. The van der Waals surface area contributed by atoms with Crippen molar-refractivity contribution in [1.29, 1.82) is 0 Å². The van der Waals surface area contributed by atoms with Crippen LogP contribution in [0.4, 0.5) is 13.2 Å². The van der Waals surface area contributed by atoms with E-state index in [1.165, 1.54) is 22.8 Å². The third-order valence-corrected chi connectivity index (χ3v) is 6.98. The first kappa shape index (κ1) is 24.5. The Morgan fingerprint density at radius 3 is 2.47 bits per heavy atom. The van der Waals surface area contributed by atoms with Crippen molar-refractivity contribution < 1.29 is 17.9 Å². The first-order valence-electron chi connectivity index (χ1n) is 11.6. The van der Waals surface area contributed by atoms with Gasteiger partial charge in [0.1, 0.15) is 0 Å². The average Bonchev–Trinajstić information content (AvgIpc) is 3.58. The van der Waals surface area contributed by atoms with Crippen molar-refractivity contribution >= 4 is 23.3 Å². The molecule has 188 valence electrons. The first-order chi connectivity index (χ1) is 16.8. The molecule has 2 saturated heterocycles. The van der Waals surface area contributed by atoms with Gasteiger partial charge in [-0.1, -0.05) is 12.1 Å². The molecule has 0 amide bonds. The number of benzene rings is 2. The third-order valence-electron chi connectivity index (χ3n) is 6.98. The van der Waals surface area contributed by atoms with Gasteiger partial charge in [-0.2, -0.15) is 18.3 Å². The van der Waals surface area contributed by atoms with Crippen LogP contribution < -0.4 is 5.56 Å². The number of hydrogen-bond acceptors (Lipinski definition) is 4. The normalized spacial score (nSPS) is 19.6. The summed E-state index contributed by atoms with van der Waals surface area (Å²) in [5, 5.41) is 5.48. The lowest BCUT2D eigenvalue weighted by Crippen LogP contribution is -2.38. The third kappa shape index (κ3) is 4.54. The van der Waals surface area contributed by atoms with Crippen LogP contribution in [0.1, 0.15) is 12.0 Å². The summed E-state index contributed by atoms with van der Waals surface area (Å²) in [7, 11) is 0. The van der Waals surface area contributed by atoms with E-state index >= 15 is 0 Å². The van der Waals surface area contributed by atoms with Crippen LogP contribution in [0.5, 0.6) is 0 Å². The Morgan fingerprint density at radius 1 is 1.00 bits per heavy atom. The Labute approximate surface area is 211 Å². The molecule has 6 nitrogen and oxygen atoms in total. The zero-order valence-electron chi connectivity index (χ0n) is 19.2. The summed E-state index contributed by atoms with van der Waals surface area (Å²) in [6, 6.07) is 14.2. The number of halogens is 4. The van der Waals surface area contributed by atoms with E-state index in [1.807, 2.05) is 22.9 Å². The number of likely N-dealkylation sites (tertiary alicyclic amines) is 1. The van der Waals surface area contributed by atoms with Crippen molar-refractivity contribution in [1.82, 2.24) is 19.2 Å². The summed E-state index contributed by atoms with van der Waals surface area (Å²) < 4.78 is 47.6. The molecule has 4 heterocycles. The molecular weight excluding hydrogens is 493 g/mol. The topological polar surface area (TPSA) is 52.3 Å². The minimum atomic E-state index is -4.39.